The first-order valence-electron chi connectivity index (χ1n) is 5.72. The Balaban J connectivity index is 2.26. The van der Waals surface area contributed by atoms with E-state index < -0.39 is 0 Å². The topological polar surface area (TPSA) is 29.9 Å². The normalized spacial score (nSPS) is 18.1. The molecular weight excluding hydrogens is 210 g/mol. The number of nitrogens with one attached hydrogen (secondary N) is 1. The van der Waals surface area contributed by atoms with Crippen molar-refractivity contribution in [2.24, 2.45) is 5.92 Å². The molecule has 15 heavy (non-hydrogen) atoms. The maximum Gasteiger partial charge on any atom is 0.0834 e. The number of aromatic nitrogens is 2. The van der Waals surface area contributed by atoms with Crippen molar-refractivity contribution in [1.29, 1.82) is 0 Å². The van der Waals surface area contributed by atoms with Gasteiger partial charge in [-0.3, -0.25) is 4.68 Å². The molecular formula is C11H18ClN3. The summed E-state index contributed by atoms with van der Waals surface area (Å²) in [5, 5.41) is 8.61. The Labute approximate surface area is 95.8 Å². The van der Waals surface area contributed by atoms with Crippen LogP contribution < -0.4 is 5.32 Å². The second kappa shape index (κ2) is 4.54. The molecule has 0 aliphatic heterocycles. The molecule has 1 aliphatic carbocycles. The molecule has 2 rings (SSSR count). The summed E-state index contributed by atoms with van der Waals surface area (Å²) in [6.45, 7) is 6.10. The monoisotopic (exact) mass is 227 g/mol. The summed E-state index contributed by atoms with van der Waals surface area (Å²) in [7, 11) is 0. The third-order valence-corrected chi connectivity index (χ3v) is 3.24. The second-order valence-corrected chi connectivity index (χ2v) is 4.47. The van der Waals surface area contributed by atoms with E-state index in [2.05, 4.69) is 24.3 Å². The van der Waals surface area contributed by atoms with E-state index in [9.17, 15) is 0 Å². The van der Waals surface area contributed by atoms with Crippen molar-refractivity contribution < 1.29 is 0 Å². The van der Waals surface area contributed by atoms with Crippen molar-refractivity contribution in [3.05, 3.63) is 16.9 Å². The van der Waals surface area contributed by atoms with Gasteiger partial charge in [0.1, 0.15) is 0 Å². The van der Waals surface area contributed by atoms with Crippen molar-refractivity contribution >= 4 is 11.6 Å². The summed E-state index contributed by atoms with van der Waals surface area (Å²) in [5.74, 6) is 0.754. The van der Waals surface area contributed by atoms with Crippen LogP contribution in [0, 0.1) is 5.92 Å². The van der Waals surface area contributed by atoms with Crippen LogP contribution in [0.1, 0.15) is 38.4 Å². The van der Waals surface area contributed by atoms with Crippen LogP contribution in [-0.4, -0.2) is 16.3 Å². The summed E-state index contributed by atoms with van der Waals surface area (Å²) in [6, 6.07) is 0.393. The minimum absolute atomic E-state index is 0.393. The average Bonchev–Trinajstić information content (AvgIpc) is 3.00. The molecule has 3 nitrogen and oxygen atoms in total. The van der Waals surface area contributed by atoms with E-state index in [-0.39, 0.29) is 0 Å². The molecule has 0 amide bonds. The Morgan fingerprint density at radius 2 is 2.33 bits per heavy atom. The van der Waals surface area contributed by atoms with E-state index in [0.717, 1.165) is 24.0 Å². The van der Waals surface area contributed by atoms with E-state index in [1.54, 1.807) is 6.20 Å². The van der Waals surface area contributed by atoms with Crippen molar-refractivity contribution in [2.75, 3.05) is 6.54 Å². The predicted octanol–water partition coefficient (Wildman–Crippen LogP) is 2.62. The van der Waals surface area contributed by atoms with E-state index in [4.69, 9.17) is 11.6 Å². The molecule has 1 saturated carbocycles. The van der Waals surface area contributed by atoms with Crippen LogP contribution in [0.4, 0.5) is 0 Å². The quantitative estimate of drug-likeness (QED) is 0.838. The van der Waals surface area contributed by atoms with Gasteiger partial charge in [0.05, 0.1) is 23.0 Å². The summed E-state index contributed by atoms with van der Waals surface area (Å²) < 4.78 is 2.01. The molecule has 1 unspecified atom stereocenters. The molecule has 1 aliphatic rings. The van der Waals surface area contributed by atoms with E-state index in [0.29, 0.717) is 6.04 Å². The number of rotatable bonds is 5. The van der Waals surface area contributed by atoms with Gasteiger partial charge in [0.2, 0.25) is 0 Å². The maximum absolute atomic E-state index is 6.20. The Bertz CT molecular complexity index is 331. The van der Waals surface area contributed by atoms with Gasteiger partial charge >= 0.3 is 0 Å². The molecule has 1 aromatic rings. The average molecular weight is 228 g/mol. The van der Waals surface area contributed by atoms with Crippen LogP contribution in [0.15, 0.2) is 6.20 Å². The number of hydrogen-bond donors (Lipinski definition) is 1. The molecule has 4 heteroatoms. The zero-order valence-electron chi connectivity index (χ0n) is 9.33. The molecule has 1 N–H and O–H groups in total. The lowest BCUT2D eigenvalue weighted by Crippen LogP contribution is -2.25. The smallest absolute Gasteiger partial charge is 0.0834 e. The first kappa shape index (κ1) is 11.0. The van der Waals surface area contributed by atoms with Gasteiger partial charge in [-0.15, -0.1) is 0 Å². The first-order chi connectivity index (χ1) is 7.27. The van der Waals surface area contributed by atoms with Crippen molar-refractivity contribution in [3.8, 4) is 0 Å². The highest BCUT2D eigenvalue weighted by Gasteiger charge is 2.34. The largest absolute Gasteiger partial charge is 0.309 e. The standard InChI is InChI=1S/C11H18ClN3/c1-3-13-10(8-5-6-8)11-9(12)7-14-15(11)4-2/h7-8,10,13H,3-6H2,1-2H3. The lowest BCUT2D eigenvalue weighted by atomic mass is 10.1. The summed E-state index contributed by atoms with van der Waals surface area (Å²) >= 11 is 6.20. The maximum atomic E-state index is 6.20. The Morgan fingerprint density at radius 1 is 1.60 bits per heavy atom. The molecule has 0 bridgehead atoms. The fourth-order valence-corrected chi connectivity index (χ4v) is 2.33. The highest BCUT2D eigenvalue weighted by atomic mass is 35.5. The van der Waals surface area contributed by atoms with Gasteiger partial charge in [0.15, 0.2) is 0 Å². The minimum Gasteiger partial charge on any atom is -0.309 e. The number of hydrogen-bond acceptors (Lipinski definition) is 2. The van der Waals surface area contributed by atoms with Gasteiger partial charge in [-0.25, -0.2) is 0 Å². The van der Waals surface area contributed by atoms with Gasteiger partial charge in [0.25, 0.3) is 0 Å². The fraction of sp³-hybridized carbons (Fsp3) is 0.727. The van der Waals surface area contributed by atoms with Gasteiger partial charge in [-0.1, -0.05) is 18.5 Å². The number of aryl methyl sites for hydroxylation is 1. The molecule has 1 fully saturated rings. The third-order valence-electron chi connectivity index (χ3n) is 2.94. The second-order valence-electron chi connectivity index (χ2n) is 4.07. The first-order valence-corrected chi connectivity index (χ1v) is 6.10. The summed E-state index contributed by atoms with van der Waals surface area (Å²) in [5.41, 5.74) is 1.17. The third kappa shape index (κ3) is 2.18. The molecule has 0 spiro atoms. The van der Waals surface area contributed by atoms with Crippen molar-refractivity contribution in [1.82, 2.24) is 15.1 Å². The zero-order chi connectivity index (χ0) is 10.8. The van der Waals surface area contributed by atoms with Crippen LogP contribution >= 0.6 is 11.6 Å². The SMILES string of the molecule is CCNC(c1c(Cl)cnn1CC)C1CC1. The molecule has 0 saturated heterocycles. The Morgan fingerprint density at radius 3 is 2.87 bits per heavy atom. The fourth-order valence-electron chi connectivity index (χ4n) is 2.07. The van der Waals surface area contributed by atoms with Crippen molar-refractivity contribution in [3.63, 3.8) is 0 Å². The highest BCUT2D eigenvalue weighted by molar-refractivity contribution is 6.31. The summed E-state index contributed by atoms with van der Waals surface area (Å²) in [6.07, 6.45) is 4.37. The number of nitrogens with zero attached hydrogens (tertiary/aromatic N) is 2. The number of halogens is 1. The minimum atomic E-state index is 0.393. The van der Waals surface area contributed by atoms with Gasteiger partial charge in [-0.2, -0.15) is 5.10 Å². The van der Waals surface area contributed by atoms with Crippen LogP contribution in [0.3, 0.4) is 0 Å². The zero-order valence-corrected chi connectivity index (χ0v) is 10.1. The predicted molar refractivity (Wildman–Crippen MR) is 62.1 cm³/mol. The molecule has 0 radical (unpaired) electrons. The van der Waals surface area contributed by atoms with Crippen molar-refractivity contribution in [2.45, 2.75) is 39.3 Å². The van der Waals surface area contributed by atoms with E-state index in [1.165, 1.54) is 18.5 Å². The van der Waals surface area contributed by atoms with E-state index in [1.807, 2.05) is 4.68 Å². The molecule has 0 aromatic carbocycles. The van der Waals surface area contributed by atoms with Gasteiger partial charge in [-0.05, 0) is 32.2 Å². The molecule has 1 heterocycles. The van der Waals surface area contributed by atoms with Gasteiger partial charge < -0.3 is 5.32 Å². The molecule has 1 aromatic heterocycles. The molecule has 84 valence electrons. The lowest BCUT2D eigenvalue weighted by Gasteiger charge is -2.19. The van der Waals surface area contributed by atoms with Crippen LogP contribution in [0.25, 0.3) is 0 Å². The van der Waals surface area contributed by atoms with Crippen LogP contribution in [-0.2, 0) is 6.54 Å². The van der Waals surface area contributed by atoms with Crippen LogP contribution in [0.5, 0.6) is 0 Å². The summed E-state index contributed by atoms with van der Waals surface area (Å²) in [4.78, 5) is 0. The van der Waals surface area contributed by atoms with Gasteiger partial charge in [0, 0.05) is 6.54 Å². The van der Waals surface area contributed by atoms with Crippen LogP contribution in [0.2, 0.25) is 5.02 Å². The highest BCUT2D eigenvalue weighted by Crippen LogP contribution is 2.42. The Kier molecular flexibility index (Phi) is 3.32. The molecule has 1 atom stereocenters. The Hall–Kier alpha value is -0.540. The lowest BCUT2D eigenvalue weighted by molar-refractivity contribution is 0.451. The van der Waals surface area contributed by atoms with E-state index >= 15 is 0 Å².